The molecule has 0 spiro atoms. The second-order valence-electron chi connectivity index (χ2n) is 6.61. The maximum absolute atomic E-state index is 11.7. The fraction of sp³-hybridized carbons (Fsp3) is 0.333. The maximum Gasteiger partial charge on any atom is 0.259 e. The number of hydrogen-bond donors (Lipinski definition) is 1. The fourth-order valence-corrected chi connectivity index (χ4v) is 2.78. The van der Waals surface area contributed by atoms with Gasteiger partial charge in [0.15, 0.2) is 12.6 Å². The van der Waals surface area contributed by atoms with E-state index in [1.807, 2.05) is 60.5 Å². The van der Waals surface area contributed by atoms with Gasteiger partial charge in [0.2, 0.25) is 0 Å². The van der Waals surface area contributed by atoms with Crippen LogP contribution in [-0.4, -0.2) is 56.5 Å². The number of benzene rings is 2. The summed E-state index contributed by atoms with van der Waals surface area (Å²) in [6.07, 6.45) is 0. The summed E-state index contributed by atoms with van der Waals surface area (Å²) < 4.78 is 5.57. The molecule has 0 aromatic heterocycles. The topological polar surface area (TPSA) is 57.2 Å². The number of nitrogens with one attached hydrogen (secondary N) is 1. The third kappa shape index (κ3) is 8.49. The Labute approximate surface area is 194 Å². The Balaban J connectivity index is 0.00000420. The molecule has 2 rings (SSSR count). The molecule has 0 atom stereocenters. The highest BCUT2D eigenvalue weighted by Gasteiger charge is 2.08. The Kier molecular flexibility index (Phi) is 10.8. The van der Waals surface area contributed by atoms with Crippen molar-refractivity contribution < 1.29 is 9.53 Å². The molecule has 0 fully saturated rings. The molecule has 1 N–H and O–H groups in total. The highest BCUT2D eigenvalue weighted by Crippen LogP contribution is 2.14. The van der Waals surface area contributed by atoms with Crippen LogP contribution in [-0.2, 0) is 17.9 Å². The highest BCUT2D eigenvalue weighted by atomic mass is 127. The van der Waals surface area contributed by atoms with Gasteiger partial charge in [0.25, 0.3) is 5.91 Å². The third-order valence-corrected chi connectivity index (χ3v) is 4.33. The van der Waals surface area contributed by atoms with Gasteiger partial charge in [-0.15, -0.1) is 24.0 Å². The van der Waals surface area contributed by atoms with E-state index in [1.54, 1.807) is 21.1 Å². The zero-order chi connectivity index (χ0) is 20.5. The number of nitrogens with zero attached hydrogens (tertiary/aromatic N) is 3. The number of aliphatic imine (C=N–C) groups is 1. The maximum atomic E-state index is 11.7. The van der Waals surface area contributed by atoms with Gasteiger partial charge in [0.05, 0.1) is 0 Å². The Hall–Kier alpha value is -2.00. The molecule has 0 aliphatic carbocycles. The Bertz CT molecular complexity index is 830. The summed E-state index contributed by atoms with van der Waals surface area (Å²) >= 11 is 6.06. The molecular weight excluding hydrogens is 503 g/mol. The molecular formula is C21H28ClIN4O2. The van der Waals surface area contributed by atoms with Gasteiger partial charge in [0.1, 0.15) is 5.75 Å². The van der Waals surface area contributed by atoms with Crippen LogP contribution in [0.25, 0.3) is 0 Å². The normalized spacial score (nSPS) is 10.7. The number of carbonyl (C=O) groups excluding carboxylic acids is 1. The molecule has 2 aromatic carbocycles. The molecule has 6 nitrogen and oxygen atoms in total. The predicted octanol–water partition coefficient (Wildman–Crippen LogP) is 3.63. The Morgan fingerprint density at radius 1 is 1.10 bits per heavy atom. The summed E-state index contributed by atoms with van der Waals surface area (Å²) in [7, 11) is 7.14. The average Bonchev–Trinajstić information content (AvgIpc) is 2.66. The molecule has 1 amide bonds. The smallest absolute Gasteiger partial charge is 0.259 e. The first kappa shape index (κ1) is 25.0. The number of ether oxygens (including phenoxy) is 1. The lowest BCUT2D eigenvalue weighted by Crippen LogP contribution is -2.38. The average molecular weight is 531 g/mol. The zero-order valence-corrected chi connectivity index (χ0v) is 20.3. The van der Waals surface area contributed by atoms with E-state index < -0.39 is 0 Å². The van der Waals surface area contributed by atoms with Crippen LogP contribution >= 0.6 is 35.6 Å². The number of guanidine groups is 1. The summed E-state index contributed by atoms with van der Waals surface area (Å²) in [5.74, 6) is 1.36. The molecule has 0 unspecified atom stereocenters. The first-order valence-electron chi connectivity index (χ1n) is 8.97. The number of halogens is 2. The molecule has 0 aliphatic heterocycles. The minimum Gasteiger partial charge on any atom is -0.484 e. The van der Waals surface area contributed by atoms with E-state index in [1.165, 1.54) is 4.90 Å². The molecule has 0 heterocycles. The minimum atomic E-state index is -0.0772. The molecule has 0 radical (unpaired) electrons. The van der Waals surface area contributed by atoms with Crippen molar-refractivity contribution in [1.29, 1.82) is 0 Å². The first-order chi connectivity index (χ1) is 13.4. The largest absolute Gasteiger partial charge is 0.484 e. The molecule has 0 saturated heterocycles. The van der Waals surface area contributed by atoms with Gasteiger partial charge in [-0.05, 0) is 35.4 Å². The first-order valence-corrected chi connectivity index (χ1v) is 9.35. The lowest BCUT2D eigenvalue weighted by atomic mass is 10.2. The SMILES string of the molecule is CN=C(NCc1cccc(OCC(=O)N(C)C)c1)N(C)Cc1cccc(Cl)c1.I. The van der Waals surface area contributed by atoms with Crippen LogP contribution in [0, 0.1) is 0 Å². The van der Waals surface area contributed by atoms with Crippen molar-refractivity contribution in [1.82, 2.24) is 15.1 Å². The molecule has 0 saturated carbocycles. The minimum absolute atomic E-state index is 0. The Morgan fingerprint density at radius 2 is 1.79 bits per heavy atom. The van der Waals surface area contributed by atoms with Gasteiger partial charge in [-0.1, -0.05) is 35.9 Å². The molecule has 158 valence electrons. The van der Waals surface area contributed by atoms with Crippen LogP contribution in [0.4, 0.5) is 0 Å². The molecule has 0 aliphatic rings. The van der Waals surface area contributed by atoms with Crippen molar-refractivity contribution >= 4 is 47.4 Å². The molecule has 29 heavy (non-hydrogen) atoms. The number of carbonyl (C=O) groups is 1. The van der Waals surface area contributed by atoms with Crippen LogP contribution in [0.5, 0.6) is 5.75 Å². The van der Waals surface area contributed by atoms with Gasteiger partial charge in [0, 0.05) is 46.3 Å². The van der Waals surface area contributed by atoms with Crippen molar-refractivity contribution in [3.8, 4) is 5.75 Å². The van der Waals surface area contributed by atoms with E-state index in [9.17, 15) is 4.79 Å². The van der Waals surface area contributed by atoms with Gasteiger partial charge in [-0.3, -0.25) is 9.79 Å². The second kappa shape index (κ2) is 12.5. The lowest BCUT2D eigenvalue weighted by molar-refractivity contribution is -0.130. The quantitative estimate of drug-likeness (QED) is 0.337. The van der Waals surface area contributed by atoms with Crippen molar-refractivity contribution in [3.05, 3.63) is 64.7 Å². The zero-order valence-electron chi connectivity index (χ0n) is 17.2. The summed E-state index contributed by atoms with van der Waals surface area (Å²) in [5.41, 5.74) is 2.14. The van der Waals surface area contributed by atoms with Gasteiger partial charge < -0.3 is 19.9 Å². The number of likely N-dealkylation sites (N-methyl/N-ethyl adjacent to an activating group) is 1. The third-order valence-electron chi connectivity index (χ3n) is 4.09. The van der Waals surface area contributed by atoms with Gasteiger partial charge in [-0.25, -0.2) is 0 Å². The molecule has 0 bridgehead atoms. The van der Waals surface area contributed by atoms with Gasteiger partial charge in [-0.2, -0.15) is 0 Å². The van der Waals surface area contributed by atoms with E-state index in [-0.39, 0.29) is 36.5 Å². The summed E-state index contributed by atoms with van der Waals surface area (Å²) in [4.78, 5) is 19.5. The summed E-state index contributed by atoms with van der Waals surface area (Å²) in [6, 6.07) is 15.4. The van der Waals surface area contributed by atoms with Crippen LogP contribution in [0.3, 0.4) is 0 Å². The highest BCUT2D eigenvalue weighted by molar-refractivity contribution is 14.0. The van der Waals surface area contributed by atoms with Crippen molar-refractivity contribution in [2.45, 2.75) is 13.1 Å². The second-order valence-corrected chi connectivity index (χ2v) is 7.05. The van der Waals surface area contributed by atoms with Crippen LogP contribution in [0.2, 0.25) is 5.02 Å². The van der Waals surface area contributed by atoms with Crippen molar-refractivity contribution in [3.63, 3.8) is 0 Å². The number of hydrogen-bond acceptors (Lipinski definition) is 3. The predicted molar refractivity (Wildman–Crippen MR) is 129 cm³/mol. The van der Waals surface area contributed by atoms with E-state index in [0.29, 0.717) is 18.8 Å². The van der Waals surface area contributed by atoms with Gasteiger partial charge >= 0.3 is 0 Å². The Morgan fingerprint density at radius 3 is 2.45 bits per heavy atom. The van der Waals surface area contributed by atoms with E-state index in [2.05, 4.69) is 10.3 Å². The lowest BCUT2D eigenvalue weighted by Gasteiger charge is -2.22. The molecule has 2 aromatic rings. The van der Waals surface area contributed by atoms with Crippen molar-refractivity contribution in [2.24, 2.45) is 4.99 Å². The van der Waals surface area contributed by atoms with Crippen LogP contribution < -0.4 is 10.1 Å². The monoisotopic (exact) mass is 530 g/mol. The summed E-state index contributed by atoms with van der Waals surface area (Å²) in [5, 5.41) is 4.06. The van der Waals surface area contributed by atoms with E-state index >= 15 is 0 Å². The number of rotatable bonds is 7. The summed E-state index contributed by atoms with van der Waals surface area (Å²) in [6.45, 7) is 1.30. The number of amides is 1. The fourth-order valence-electron chi connectivity index (χ4n) is 2.57. The van der Waals surface area contributed by atoms with Crippen LogP contribution in [0.15, 0.2) is 53.5 Å². The van der Waals surface area contributed by atoms with E-state index in [4.69, 9.17) is 16.3 Å². The standard InChI is InChI=1S/C21H27ClN4O2.HI/c1-23-21(26(4)14-17-8-5-9-18(22)11-17)24-13-16-7-6-10-19(12-16)28-15-20(27)25(2)3;/h5-12H,13-15H2,1-4H3,(H,23,24);1H. The van der Waals surface area contributed by atoms with Crippen LogP contribution in [0.1, 0.15) is 11.1 Å². The molecule has 8 heteroatoms. The van der Waals surface area contributed by atoms with E-state index in [0.717, 1.165) is 22.1 Å². The van der Waals surface area contributed by atoms with Crippen molar-refractivity contribution in [2.75, 3.05) is 34.8 Å².